The highest BCUT2D eigenvalue weighted by Crippen LogP contribution is 2.20. The molecule has 0 aliphatic carbocycles. The van der Waals surface area contributed by atoms with Gasteiger partial charge in [-0.05, 0) is 18.1 Å². The Bertz CT molecular complexity index is 445. The van der Waals surface area contributed by atoms with Crippen LogP contribution >= 0.6 is 0 Å². The second-order valence-corrected chi connectivity index (χ2v) is 3.77. The van der Waals surface area contributed by atoms with Crippen molar-refractivity contribution < 1.29 is 0 Å². The van der Waals surface area contributed by atoms with Gasteiger partial charge in [-0.15, -0.1) is 0 Å². The molecular weight excluding hydrogens is 188 g/mol. The Morgan fingerprint density at radius 3 is 2.47 bits per heavy atom. The van der Waals surface area contributed by atoms with Crippen LogP contribution in [0, 0.1) is 0 Å². The van der Waals surface area contributed by atoms with E-state index in [0.29, 0.717) is 5.92 Å². The van der Waals surface area contributed by atoms with Crippen molar-refractivity contribution in [3.8, 4) is 5.69 Å². The highest BCUT2D eigenvalue weighted by atomic mass is 15.3. The summed E-state index contributed by atoms with van der Waals surface area (Å²) in [5, 5.41) is 4.44. The summed E-state index contributed by atoms with van der Waals surface area (Å²) in [5.74, 6) is 0.341. The predicted octanol–water partition coefficient (Wildman–Crippen LogP) is 1.97. The molecule has 0 spiro atoms. The van der Waals surface area contributed by atoms with Gasteiger partial charge in [-0.2, -0.15) is 5.10 Å². The summed E-state index contributed by atoms with van der Waals surface area (Å²) in [6.07, 6.45) is 5.31. The Labute approximate surface area is 88.8 Å². The lowest BCUT2D eigenvalue weighted by Gasteiger charge is -2.01. The molecule has 15 heavy (non-hydrogen) atoms. The van der Waals surface area contributed by atoms with Crippen LogP contribution in [0.15, 0.2) is 30.7 Å². The highest BCUT2D eigenvalue weighted by Gasteiger charge is 2.10. The Balaban J connectivity index is 2.43. The molecule has 4 heteroatoms. The minimum atomic E-state index is 0.341. The maximum atomic E-state index is 5.88. The maximum absolute atomic E-state index is 5.88. The van der Waals surface area contributed by atoms with Gasteiger partial charge in [-0.25, -0.2) is 4.68 Å². The lowest BCUT2D eigenvalue weighted by atomic mass is 10.1. The molecule has 4 nitrogen and oxygen atoms in total. The molecule has 0 saturated heterocycles. The predicted molar refractivity (Wildman–Crippen MR) is 59.9 cm³/mol. The second kappa shape index (κ2) is 3.73. The van der Waals surface area contributed by atoms with E-state index in [1.807, 2.05) is 18.3 Å². The van der Waals surface area contributed by atoms with Crippen LogP contribution in [0.3, 0.4) is 0 Å². The van der Waals surface area contributed by atoms with Crippen LogP contribution in [0.5, 0.6) is 0 Å². The molecule has 0 bridgehead atoms. The molecule has 0 radical (unpaired) electrons. The van der Waals surface area contributed by atoms with E-state index in [2.05, 4.69) is 23.9 Å². The molecule has 0 amide bonds. The van der Waals surface area contributed by atoms with Crippen molar-refractivity contribution in [2.24, 2.45) is 0 Å². The Hall–Kier alpha value is -1.84. The van der Waals surface area contributed by atoms with Gasteiger partial charge < -0.3 is 5.73 Å². The monoisotopic (exact) mass is 202 g/mol. The van der Waals surface area contributed by atoms with Crippen LogP contribution in [0.1, 0.15) is 25.5 Å². The summed E-state index contributed by atoms with van der Waals surface area (Å²) in [6, 6.07) is 3.80. The van der Waals surface area contributed by atoms with Gasteiger partial charge in [0.25, 0.3) is 0 Å². The standard InChI is InChI=1S/C11H14N4/c1-8(2)11-10(12)7-15(14-11)9-3-5-13-6-4-9/h3-8H,12H2,1-2H3. The maximum Gasteiger partial charge on any atom is 0.0883 e. The van der Waals surface area contributed by atoms with Gasteiger partial charge in [0.15, 0.2) is 0 Å². The van der Waals surface area contributed by atoms with E-state index in [-0.39, 0.29) is 0 Å². The average molecular weight is 202 g/mol. The Morgan fingerprint density at radius 1 is 1.27 bits per heavy atom. The summed E-state index contributed by atoms with van der Waals surface area (Å²) in [4.78, 5) is 3.96. The van der Waals surface area contributed by atoms with Crippen molar-refractivity contribution in [3.05, 3.63) is 36.4 Å². The largest absolute Gasteiger partial charge is 0.396 e. The zero-order valence-electron chi connectivity index (χ0n) is 8.88. The van der Waals surface area contributed by atoms with Crippen molar-refractivity contribution in [2.75, 3.05) is 5.73 Å². The zero-order chi connectivity index (χ0) is 10.8. The molecule has 2 heterocycles. The molecule has 0 aromatic carbocycles. The highest BCUT2D eigenvalue weighted by molar-refractivity contribution is 5.45. The van der Waals surface area contributed by atoms with Gasteiger partial charge in [-0.1, -0.05) is 13.8 Å². The van der Waals surface area contributed by atoms with Gasteiger partial charge in [0.05, 0.1) is 23.3 Å². The third-order valence-electron chi connectivity index (χ3n) is 2.25. The van der Waals surface area contributed by atoms with Gasteiger partial charge in [-0.3, -0.25) is 4.98 Å². The van der Waals surface area contributed by atoms with Crippen LogP contribution in [0.4, 0.5) is 5.69 Å². The first kappa shape index (κ1) is 9.71. The van der Waals surface area contributed by atoms with Crippen molar-refractivity contribution >= 4 is 5.69 Å². The fraction of sp³-hybridized carbons (Fsp3) is 0.273. The third-order valence-corrected chi connectivity index (χ3v) is 2.25. The normalized spacial score (nSPS) is 10.9. The van der Waals surface area contributed by atoms with E-state index >= 15 is 0 Å². The lowest BCUT2D eigenvalue weighted by Crippen LogP contribution is -1.97. The molecule has 0 saturated carbocycles. The van der Waals surface area contributed by atoms with E-state index in [4.69, 9.17) is 5.73 Å². The molecule has 0 fully saturated rings. The summed E-state index contributed by atoms with van der Waals surface area (Å²) in [7, 11) is 0. The summed E-state index contributed by atoms with van der Waals surface area (Å²) < 4.78 is 1.78. The van der Waals surface area contributed by atoms with Gasteiger partial charge in [0, 0.05) is 12.4 Å². The third kappa shape index (κ3) is 1.83. The van der Waals surface area contributed by atoms with E-state index in [0.717, 1.165) is 17.1 Å². The smallest absolute Gasteiger partial charge is 0.0883 e. The van der Waals surface area contributed by atoms with Crippen LogP contribution in [-0.2, 0) is 0 Å². The van der Waals surface area contributed by atoms with E-state index < -0.39 is 0 Å². The molecule has 0 atom stereocenters. The first-order valence-corrected chi connectivity index (χ1v) is 4.94. The molecule has 78 valence electrons. The van der Waals surface area contributed by atoms with Crippen LogP contribution < -0.4 is 5.73 Å². The number of rotatable bonds is 2. The van der Waals surface area contributed by atoms with Gasteiger partial charge >= 0.3 is 0 Å². The SMILES string of the molecule is CC(C)c1nn(-c2ccncc2)cc1N. The van der Waals surface area contributed by atoms with Crippen molar-refractivity contribution in [1.29, 1.82) is 0 Å². The van der Waals surface area contributed by atoms with Gasteiger partial charge in [0.1, 0.15) is 0 Å². The summed E-state index contributed by atoms with van der Waals surface area (Å²) in [5.41, 5.74) is 8.53. The fourth-order valence-electron chi connectivity index (χ4n) is 1.48. The topological polar surface area (TPSA) is 56.7 Å². The molecule has 2 aromatic rings. The van der Waals surface area contributed by atoms with Crippen molar-refractivity contribution in [1.82, 2.24) is 14.8 Å². The number of anilines is 1. The Morgan fingerprint density at radius 2 is 1.93 bits per heavy atom. The molecular formula is C11H14N4. The zero-order valence-corrected chi connectivity index (χ0v) is 8.88. The second-order valence-electron chi connectivity index (χ2n) is 3.77. The van der Waals surface area contributed by atoms with Crippen LogP contribution in [0.25, 0.3) is 5.69 Å². The van der Waals surface area contributed by atoms with E-state index in [1.165, 1.54) is 0 Å². The first-order valence-electron chi connectivity index (χ1n) is 4.94. The summed E-state index contributed by atoms with van der Waals surface area (Å²) >= 11 is 0. The number of hydrogen-bond acceptors (Lipinski definition) is 3. The van der Waals surface area contributed by atoms with Crippen LogP contribution in [0.2, 0.25) is 0 Å². The van der Waals surface area contributed by atoms with Crippen LogP contribution in [-0.4, -0.2) is 14.8 Å². The average Bonchev–Trinajstić information content (AvgIpc) is 2.62. The number of nitrogen functional groups attached to an aromatic ring is 1. The van der Waals surface area contributed by atoms with Crippen molar-refractivity contribution in [2.45, 2.75) is 19.8 Å². The van der Waals surface area contributed by atoms with E-state index in [1.54, 1.807) is 17.1 Å². The first-order chi connectivity index (χ1) is 7.18. The number of hydrogen-bond donors (Lipinski definition) is 1. The number of nitrogens with zero attached hydrogens (tertiary/aromatic N) is 3. The Kier molecular flexibility index (Phi) is 2.41. The lowest BCUT2D eigenvalue weighted by molar-refractivity contribution is 0.769. The molecule has 2 N–H and O–H groups in total. The number of nitrogens with two attached hydrogens (primary N) is 1. The molecule has 2 aromatic heterocycles. The molecule has 0 aliphatic rings. The molecule has 0 unspecified atom stereocenters. The number of pyridine rings is 1. The summed E-state index contributed by atoms with van der Waals surface area (Å²) in [6.45, 7) is 4.16. The fourth-order valence-corrected chi connectivity index (χ4v) is 1.48. The van der Waals surface area contributed by atoms with E-state index in [9.17, 15) is 0 Å². The minimum Gasteiger partial charge on any atom is -0.396 e. The van der Waals surface area contributed by atoms with Crippen molar-refractivity contribution in [3.63, 3.8) is 0 Å². The quantitative estimate of drug-likeness (QED) is 0.810. The number of aromatic nitrogens is 3. The minimum absolute atomic E-state index is 0.341. The van der Waals surface area contributed by atoms with Gasteiger partial charge in [0.2, 0.25) is 0 Å². The molecule has 2 rings (SSSR count). The molecule has 0 aliphatic heterocycles.